The monoisotopic (exact) mass is 478 g/mol. The summed E-state index contributed by atoms with van der Waals surface area (Å²) in [5, 5.41) is 26.4. The number of benzene rings is 2. The van der Waals surface area contributed by atoms with Crippen molar-refractivity contribution in [2.75, 3.05) is 32.8 Å². The molecule has 172 valence electrons. The second kappa shape index (κ2) is 10.9. The van der Waals surface area contributed by atoms with Crippen LogP contribution in [0.3, 0.4) is 0 Å². The van der Waals surface area contributed by atoms with Crippen molar-refractivity contribution in [3.63, 3.8) is 0 Å². The van der Waals surface area contributed by atoms with Gasteiger partial charge >= 0.3 is 0 Å². The van der Waals surface area contributed by atoms with Crippen LogP contribution in [0.5, 0.6) is 5.75 Å². The second-order valence-electron chi connectivity index (χ2n) is 8.25. The average molecular weight is 479 g/mol. The van der Waals surface area contributed by atoms with Gasteiger partial charge in [0.25, 0.3) is 0 Å². The van der Waals surface area contributed by atoms with Gasteiger partial charge in [-0.3, -0.25) is 0 Å². The summed E-state index contributed by atoms with van der Waals surface area (Å²) in [4.78, 5) is 2.24. The van der Waals surface area contributed by atoms with Crippen LogP contribution in [0.4, 0.5) is 0 Å². The summed E-state index contributed by atoms with van der Waals surface area (Å²) in [6.07, 6.45) is 0.630. The number of hydrogen-bond acceptors (Lipinski definition) is 6. The van der Waals surface area contributed by atoms with E-state index in [2.05, 4.69) is 10.2 Å². The fourth-order valence-electron chi connectivity index (χ4n) is 3.93. The third kappa shape index (κ3) is 6.38. The molecule has 0 spiro atoms. The molecule has 2 aromatic carbocycles. The number of nitrogens with zero attached hydrogens (tertiary/aromatic N) is 1. The van der Waals surface area contributed by atoms with E-state index in [4.69, 9.17) is 32.4 Å². The highest BCUT2D eigenvalue weighted by Gasteiger charge is 2.23. The quantitative estimate of drug-likeness (QED) is 0.426. The number of ether oxygens (including phenoxy) is 1. The Balaban J connectivity index is 1.16. The zero-order valence-corrected chi connectivity index (χ0v) is 19.2. The Morgan fingerprint density at radius 3 is 2.50 bits per heavy atom. The highest BCUT2D eigenvalue weighted by Crippen LogP contribution is 2.27. The van der Waals surface area contributed by atoms with Crippen LogP contribution < -0.4 is 10.1 Å². The summed E-state index contributed by atoms with van der Waals surface area (Å²) < 4.78 is 11.4. The highest BCUT2D eigenvalue weighted by molar-refractivity contribution is 6.31. The van der Waals surface area contributed by atoms with Crippen LogP contribution in [0.2, 0.25) is 10.0 Å². The number of hydrogen-bond donors (Lipinski definition) is 3. The van der Waals surface area contributed by atoms with E-state index in [-0.39, 0.29) is 6.61 Å². The van der Waals surface area contributed by atoms with E-state index >= 15 is 0 Å². The van der Waals surface area contributed by atoms with Crippen LogP contribution in [0, 0.1) is 0 Å². The molecule has 4 rings (SSSR count). The maximum absolute atomic E-state index is 10.6. The molecule has 2 unspecified atom stereocenters. The molecule has 1 aliphatic rings. The standard InChI is InChI=1S/C24H28Cl2N2O4/c25-17-3-5-21(6-4-17)31-15-20(29)13-27-19-7-9-28(10-8-19)14-22(30)24-11-16-1-2-18(26)12-23(16)32-24/h1-6,11-12,19-20,22,27,29-30H,7-10,13-15H2. The van der Waals surface area contributed by atoms with Crippen molar-refractivity contribution in [3.8, 4) is 5.75 Å². The van der Waals surface area contributed by atoms with E-state index in [0.717, 1.165) is 31.3 Å². The van der Waals surface area contributed by atoms with Crippen LogP contribution in [-0.2, 0) is 0 Å². The lowest BCUT2D eigenvalue weighted by molar-refractivity contribution is 0.0744. The molecule has 3 N–H and O–H groups in total. The molecule has 6 nitrogen and oxygen atoms in total. The largest absolute Gasteiger partial charge is 0.491 e. The van der Waals surface area contributed by atoms with Crippen LogP contribution in [-0.4, -0.2) is 60.0 Å². The van der Waals surface area contributed by atoms with Gasteiger partial charge in [-0.2, -0.15) is 0 Å². The SMILES string of the molecule is OC(CNC1CCN(CC(O)c2cc3ccc(Cl)cc3o2)CC1)COc1ccc(Cl)cc1. The smallest absolute Gasteiger partial charge is 0.135 e. The predicted molar refractivity (Wildman–Crippen MR) is 127 cm³/mol. The van der Waals surface area contributed by atoms with Gasteiger partial charge in [-0.15, -0.1) is 0 Å². The van der Waals surface area contributed by atoms with Crippen LogP contribution >= 0.6 is 23.2 Å². The molecule has 1 fully saturated rings. The number of β-amino-alcohol motifs (C(OH)–C–C–N with tert-alkyl or cyclic N) is 1. The number of rotatable bonds is 9. The number of furan rings is 1. The zero-order valence-electron chi connectivity index (χ0n) is 17.7. The topological polar surface area (TPSA) is 78.1 Å². The molecule has 2 heterocycles. The first-order chi connectivity index (χ1) is 15.5. The third-order valence-corrected chi connectivity index (χ3v) is 6.23. The van der Waals surface area contributed by atoms with E-state index in [1.807, 2.05) is 18.2 Å². The fourth-order valence-corrected chi connectivity index (χ4v) is 4.22. The van der Waals surface area contributed by atoms with Gasteiger partial charge in [0.15, 0.2) is 0 Å². The Morgan fingerprint density at radius 1 is 1.03 bits per heavy atom. The molecule has 0 bridgehead atoms. The summed E-state index contributed by atoms with van der Waals surface area (Å²) in [6, 6.07) is 14.8. The molecule has 32 heavy (non-hydrogen) atoms. The number of aliphatic hydroxyl groups is 2. The van der Waals surface area contributed by atoms with Gasteiger partial charge in [-0.05, 0) is 68.4 Å². The van der Waals surface area contributed by atoms with Crippen molar-refractivity contribution < 1.29 is 19.4 Å². The predicted octanol–water partition coefficient (Wildman–Crippen LogP) is 4.27. The first-order valence-corrected chi connectivity index (χ1v) is 11.6. The first-order valence-electron chi connectivity index (χ1n) is 10.9. The Hall–Kier alpha value is -1.80. The lowest BCUT2D eigenvalue weighted by Crippen LogP contribution is -2.46. The van der Waals surface area contributed by atoms with Gasteiger partial charge in [0.2, 0.25) is 0 Å². The molecular formula is C24H28Cl2N2O4. The Kier molecular flexibility index (Phi) is 7.94. The Morgan fingerprint density at radius 2 is 1.75 bits per heavy atom. The van der Waals surface area contributed by atoms with Crippen molar-refractivity contribution in [3.05, 3.63) is 64.3 Å². The van der Waals surface area contributed by atoms with Gasteiger partial charge in [0.1, 0.15) is 35.9 Å². The van der Waals surface area contributed by atoms with Crippen LogP contribution in [0.25, 0.3) is 11.0 Å². The molecule has 2 atom stereocenters. The minimum absolute atomic E-state index is 0.225. The van der Waals surface area contributed by atoms with Crippen LogP contribution in [0.1, 0.15) is 24.7 Å². The van der Waals surface area contributed by atoms with E-state index in [0.29, 0.717) is 46.3 Å². The molecule has 1 saturated heterocycles. The van der Waals surface area contributed by atoms with Crippen molar-refractivity contribution in [2.24, 2.45) is 0 Å². The molecule has 0 aliphatic carbocycles. The number of fused-ring (bicyclic) bond motifs is 1. The number of piperidine rings is 1. The lowest BCUT2D eigenvalue weighted by atomic mass is 10.0. The molecule has 1 aromatic heterocycles. The molecule has 0 radical (unpaired) electrons. The maximum Gasteiger partial charge on any atom is 0.135 e. The lowest BCUT2D eigenvalue weighted by Gasteiger charge is -2.33. The van der Waals surface area contributed by atoms with Crippen molar-refractivity contribution >= 4 is 34.2 Å². The minimum atomic E-state index is -0.683. The Labute approximate surface area is 197 Å². The highest BCUT2D eigenvalue weighted by atomic mass is 35.5. The van der Waals surface area contributed by atoms with Gasteiger partial charge in [-0.25, -0.2) is 0 Å². The van der Waals surface area contributed by atoms with Gasteiger partial charge < -0.3 is 29.6 Å². The molecule has 3 aromatic rings. The van der Waals surface area contributed by atoms with E-state index in [1.165, 1.54) is 0 Å². The number of aliphatic hydroxyl groups excluding tert-OH is 2. The summed E-state index contributed by atoms with van der Waals surface area (Å²) in [5.41, 5.74) is 0.688. The van der Waals surface area contributed by atoms with Crippen molar-refractivity contribution in [2.45, 2.75) is 31.1 Å². The molecule has 1 aliphatic heterocycles. The summed E-state index contributed by atoms with van der Waals surface area (Å²) in [7, 11) is 0. The van der Waals surface area contributed by atoms with Crippen LogP contribution in [0.15, 0.2) is 52.9 Å². The molecule has 8 heteroatoms. The Bertz CT molecular complexity index is 1000. The summed E-state index contributed by atoms with van der Waals surface area (Å²) in [6.45, 7) is 2.97. The van der Waals surface area contributed by atoms with E-state index in [9.17, 15) is 10.2 Å². The normalized spacial score (nSPS) is 17.5. The minimum Gasteiger partial charge on any atom is -0.491 e. The zero-order chi connectivity index (χ0) is 22.5. The van der Waals surface area contributed by atoms with E-state index in [1.54, 1.807) is 30.3 Å². The van der Waals surface area contributed by atoms with E-state index < -0.39 is 12.2 Å². The summed E-state index contributed by atoms with van der Waals surface area (Å²) >= 11 is 11.9. The van der Waals surface area contributed by atoms with Gasteiger partial charge in [0, 0.05) is 40.6 Å². The van der Waals surface area contributed by atoms with Gasteiger partial charge in [-0.1, -0.05) is 23.2 Å². The third-order valence-electron chi connectivity index (χ3n) is 5.75. The maximum atomic E-state index is 10.6. The average Bonchev–Trinajstić information content (AvgIpc) is 3.21. The van der Waals surface area contributed by atoms with Gasteiger partial charge in [0.05, 0.1) is 0 Å². The van der Waals surface area contributed by atoms with Crippen molar-refractivity contribution in [1.29, 1.82) is 0 Å². The number of halogens is 2. The second-order valence-corrected chi connectivity index (χ2v) is 9.12. The summed E-state index contributed by atoms with van der Waals surface area (Å²) in [5.74, 6) is 1.25. The molecule has 0 amide bonds. The molecular weight excluding hydrogens is 451 g/mol. The molecule has 0 saturated carbocycles. The fraction of sp³-hybridized carbons (Fsp3) is 0.417. The number of likely N-dealkylation sites (tertiary alicyclic amines) is 1. The first kappa shape index (κ1) is 23.4. The van der Waals surface area contributed by atoms with Crippen molar-refractivity contribution in [1.82, 2.24) is 10.2 Å². The number of nitrogens with one attached hydrogen (secondary N) is 1.